The molecular formula is C14H15BrClN. The Morgan fingerprint density at radius 2 is 2.18 bits per heavy atom. The van der Waals surface area contributed by atoms with Gasteiger partial charge < -0.3 is 5.32 Å². The van der Waals surface area contributed by atoms with Crippen molar-refractivity contribution in [2.45, 2.75) is 12.8 Å². The summed E-state index contributed by atoms with van der Waals surface area (Å²) in [6.45, 7) is 1.06. The number of benzene rings is 1. The molecule has 3 heteroatoms. The lowest BCUT2D eigenvalue weighted by atomic mass is 9.93. The largest absolute Gasteiger partial charge is 0.384 e. The summed E-state index contributed by atoms with van der Waals surface area (Å²) in [5.41, 5.74) is 1.14. The van der Waals surface area contributed by atoms with E-state index in [1.165, 1.54) is 12.8 Å². The Morgan fingerprint density at radius 1 is 1.29 bits per heavy atom. The monoisotopic (exact) mass is 311 g/mol. The van der Waals surface area contributed by atoms with Crippen molar-refractivity contribution in [3.63, 3.8) is 0 Å². The second-order valence-electron chi connectivity index (χ2n) is 5.05. The molecule has 0 heterocycles. The molecule has 0 saturated heterocycles. The van der Waals surface area contributed by atoms with Crippen LogP contribution < -0.4 is 5.32 Å². The molecule has 3 unspecified atom stereocenters. The SMILES string of the molecule is Clc1ccc(NCC2CC3C=CC2C3)c(Br)c1. The molecule has 0 radical (unpaired) electrons. The fraction of sp³-hybridized carbons (Fsp3) is 0.429. The van der Waals surface area contributed by atoms with Gasteiger partial charge in [0.2, 0.25) is 0 Å². The second kappa shape index (κ2) is 4.66. The Kier molecular flexibility index (Phi) is 3.18. The van der Waals surface area contributed by atoms with E-state index in [1.54, 1.807) is 0 Å². The van der Waals surface area contributed by atoms with Crippen LogP contribution in [-0.2, 0) is 0 Å². The van der Waals surface area contributed by atoms with Gasteiger partial charge in [-0.2, -0.15) is 0 Å². The minimum atomic E-state index is 0.769. The predicted molar refractivity (Wildman–Crippen MR) is 76.5 cm³/mol. The van der Waals surface area contributed by atoms with Crippen LogP contribution in [0, 0.1) is 17.8 Å². The number of rotatable bonds is 3. The van der Waals surface area contributed by atoms with E-state index in [-0.39, 0.29) is 0 Å². The summed E-state index contributed by atoms with van der Waals surface area (Å²) < 4.78 is 1.05. The Balaban J connectivity index is 1.62. The first-order chi connectivity index (χ1) is 8.22. The number of halogens is 2. The van der Waals surface area contributed by atoms with E-state index < -0.39 is 0 Å². The van der Waals surface area contributed by atoms with E-state index in [4.69, 9.17) is 11.6 Å². The molecule has 0 amide bonds. The fourth-order valence-corrected chi connectivity index (χ4v) is 3.83. The lowest BCUT2D eigenvalue weighted by molar-refractivity contribution is 0.472. The number of allylic oxidation sites excluding steroid dienone is 2. The Labute approximate surface area is 115 Å². The molecule has 0 spiro atoms. The van der Waals surface area contributed by atoms with E-state index in [0.717, 1.165) is 39.5 Å². The summed E-state index contributed by atoms with van der Waals surface area (Å²) in [6.07, 6.45) is 7.50. The van der Waals surface area contributed by atoms with Crippen LogP contribution in [0.3, 0.4) is 0 Å². The molecule has 1 N–H and O–H groups in total. The maximum atomic E-state index is 5.93. The summed E-state index contributed by atoms with van der Waals surface area (Å²) in [6, 6.07) is 5.90. The summed E-state index contributed by atoms with van der Waals surface area (Å²) in [7, 11) is 0. The van der Waals surface area contributed by atoms with Crippen LogP contribution in [0.1, 0.15) is 12.8 Å². The van der Waals surface area contributed by atoms with Gasteiger partial charge in [0.25, 0.3) is 0 Å². The number of nitrogens with one attached hydrogen (secondary N) is 1. The van der Waals surface area contributed by atoms with Crippen molar-refractivity contribution >= 4 is 33.2 Å². The first-order valence-corrected chi connectivity index (χ1v) is 7.27. The van der Waals surface area contributed by atoms with Crippen LogP contribution in [0.4, 0.5) is 5.69 Å². The van der Waals surface area contributed by atoms with Gasteiger partial charge in [-0.15, -0.1) is 0 Å². The van der Waals surface area contributed by atoms with Gasteiger partial charge >= 0.3 is 0 Å². The molecule has 0 aromatic heterocycles. The normalized spacial score (nSPS) is 29.9. The molecule has 3 rings (SSSR count). The molecule has 1 fully saturated rings. The highest BCUT2D eigenvalue weighted by atomic mass is 79.9. The van der Waals surface area contributed by atoms with E-state index in [9.17, 15) is 0 Å². The zero-order valence-corrected chi connectivity index (χ0v) is 11.8. The Bertz CT molecular complexity index is 458. The van der Waals surface area contributed by atoms with Crippen molar-refractivity contribution in [3.8, 4) is 0 Å². The van der Waals surface area contributed by atoms with Crippen molar-refractivity contribution < 1.29 is 0 Å². The summed E-state index contributed by atoms with van der Waals surface area (Å²) in [4.78, 5) is 0. The van der Waals surface area contributed by atoms with Gasteiger partial charge in [0.05, 0.1) is 0 Å². The lowest BCUT2D eigenvalue weighted by Gasteiger charge is -2.19. The molecule has 1 saturated carbocycles. The van der Waals surface area contributed by atoms with Crippen molar-refractivity contribution in [3.05, 3.63) is 39.8 Å². The third-order valence-electron chi connectivity index (χ3n) is 3.90. The van der Waals surface area contributed by atoms with Gasteiger partial charge in [0, 0.05) is 21.7 Å². The van der Waals surface area contributed by atoms with Crippen LogP contribution in [0.15, 0.2) is 34.8 Å². The van der Waals surface area contributed by atoms with Crippen LogP contribution >= 0.6 is 27.5 Å². The van der Waals surface area contributed by atoms with E-state index in [2.05, 4.69) is 33.4 Å². The van der Waals surface area contributed by atoms with Crippen LogP contribution in [0.5, 0.6) is 0 Å². The zero-order chi connectivity index (χ0) is 11.8. The average molecular weight is 313 g/mol. The van der Waals surface area contributed by atoms with Crippen molar-refractivity contribution in [1.82, 2.24) is 0 Å². The molecule has 1 aromatic rings. The molecular weight excluding hydrogens is 298 g/mol. The highest BCUT2D eigenvalue weighted by molar-refractivity contribution is 9.10. The number of anilines is 1. The summed E-state index contributed by atoms with van der Waals surface area (Å²) >= 11 is 9.47. The number of hydrogen-bond acceptors (Lipinski definition) is 1. The summed E-state index contributed by atoms with van der Waals surface area (Å²) in [5, 5.41) is 4.30. The quantitative estimate of drug-likeness (QED) is 0.796. The Hall–Kier alpha value is -0.470. The smallest absolute Gasteiger partial charge is 0.0485 e. The summed E-state index contributed by atoms with van der Waals surface area (Å²) in [5.74, 6) is 2.45. The zero-order valence-electron chi connectivity index (χ0n) is 9.50. The molecule has 1 nitrogen and oxygen atoms in total. The third kappa shape index (κ3) is 2.38. The van der Waals surface area contributed by atoms with Crippen LogP contribution in [-0.4, -0.2) is 6.54 Å². The van der Waals surface area contributed by atoms with Gasteiger partial charge in [-0.05, 0) is 64.7 Å². The van der Waals surface area contributed by atoms with Gasteiger partial charge in [0.1, 0.15) is 0 Å². The maximum Gasteiger partial charge on any atom is 0.0485 e. The van der Waals surface area contributed by atoms with Gasteiger partial charge in [-0.3, -0.25) is 0 Å². The van der Waals surface area contributed by atoms with E-state index >= 15 is 0 Å². The van der Waals surface area contributed by atoms with Crippen molar-refractivity contribution in [2.24, 2.45) is 17.8 Å². The molecule has 0 aliphatic heterocycles. The highest BCUT2D eigenvalue weighted by Crippen LogP contribution is 2.43. The third-order valence-corrected chi connectivity index (χ3v) is 4.79. The maximum absolute atomic E-state index is 5.93. The first-order valence-electron chi connectivity index (χ1n) is 6.09. The topological polar surface area (TPSA) is 12.0 Å². The highest BCUT2D eigenvalue weighted by Gasteiger charge is 2.35. The Morgan fingerprint density at radius 3 is 2.82 bits per heavy atom. The molecule has 2 aliphatic rings. The van der Waals surface area contributed by atoms with Crippen LogP contribution in [0.2, 0.25) is 5.02 Å². The van der Waals surface area contributed by atoms with E-state index in [1.807, 2.05) is 18.2 Å². The first kappa shape index (κ1) is 11.6. The molecule has 3 atom stereocenters. The van der Waals surface area contributed by atoms with Gasteiger partial charge in [0.15, 0.2) is 0 Å². The standard InChI is InChI=1S/C14H15BrClN/c15-13-7-12(16)3-4-14(13)17-8-11-6-9-1-2-10(11)5-9/h1-4,7,9-11,17H,5-6,8H2. The second-order valence-corrected chi connectivity index (χ2v) is 6.34. The minimum absolute atomic E-state index is 0.769. The van der Waals surface area contributed by atoms with Crippen molar-refractivity contribution in [2.75, 3.05) is 11.9 Å². The predicted octanol–water partition coefficient (Wildman–Crippen LogP) is 4.73. The fourth-order valence-electron chi connectivity index (χ4n) is 3.00. The lowest BCUT2D eigenvalue weighted by Crippen LogP contribution is -2.18. The average Bonchev–Trinajstić information content (AvgIpc) is 2.89. The molecule has 2 aliphatic carbocycles. The van der Waals surface area contributed by atoms with Gasteiger partial charge in [-0.25, -0.2) is 0 Å². The van der Waals surface area contributed by atoms with E-state index in [0.29, 0.717) is 0 Å². The van der Waals surface area contributed by atoms with Crippen molar-refractivity contribution in [1.29, 1.82) is 0 Å². The van der Waals surface area contributed by atoms with Gasteiger partial charge in [-0.1, -0.05) is 23.8 Å². The number of fused-ring (bicyclic) bond motifs is 2. The molecule has 1 aromatic carbocycles. The van der Waals surface area contributed by atoms with Crippen LogP contribution in [0.25, 0.3) is 0 Å². The number of hydrogen-bond donors (Lipinski definition) is 1. The molecule has 2 bridgehead atoms. The molecule has 90 valence electrons. The minimum Gasteiger partial charge on any atom is -0.384 e. The molecule has 17 heavy (non-hydrogen) atoms.